The summed E-state index contributed by atoms with van der Waals surface area (Å²) in [7, 11) is 0. The van der Waals surface area contributed by atoms with Crippen molar-refractivity contribution >= 4 is 17.9 Å². The van der Waals surface area contributed by atoms with Crippen molar-refractivity contribution < 1.29 is 33.3 Å². The first-order valence-corrected chi connectivity index (χ1v) is 10.6. The summed E-state index contributed by atoms with van der Waals surface area (Å²) in [5.41, 5.74) is 3.49. The lowest BCUT2D eigenvalue weighted by Crippen LogP contribution is -2.09. The quantitative estimate of drug-likeness (QED) is 0.172. The molecule has 7 heteroatoms. The number of ether oxygens (including phenoxy) is 4. The molecule has 3 aromatic carbocycles. The molecule has 0 atom stereocenters. The van der Waals surface area contributed by atoms with E-state index in [9.17, 15) is 14.4 Å². The lowest BCUT2D eigenvalue weighted by Gasteiger charge is -2.09. The molecule has 0 bridgehead atoms. The van der Waals surface area contributed by atoms with Gasteiger partial charge >= 0.3 is 17.9 Å². The highest BCUT2D eigenvalue weighted by molar-refractivity contribution is 5.91. The van der Waals surface area contributed by atoms with E-state index in [4.69, 9.17) is 18.9 Å². The second-order valence-electron chi connectivity index (χ2n) is 7.42. The van der Waals surface area contributed by atoms with Gasteiger partial charge in [-0.05, 0) is 60.0 Å². The van der Waals surface area contributed by atoms with E-state index in [0.717, 1.165) is 22.8 Å². The van der Waals surface area contributed by atoms with E-state index in [1.165, 1.54) is 0 Å². The Balaban J connectivity index is 1.54. The van der Waals surface area contributed by atoms with Gasteiger partial charge in [0.25, 0.3) is 0 Å². The minimum Gasteiger partial charge on any atom is -0.457 e. The zero-order chi connectivity index (χ0) is 25.2. The van der Waals surface area contributed by atoms with Crippen LogP contribution in [0, 0.1) is 0 Å². The smallest absolute Gasteiger partial charge is 0.343 e. The molecule has 0 saturated heterocycles. The van der Waals surface area contributed by atoms with E-state index in [2.05, 4.69) is 13.2 Å². The predicted molar refractivity (Wildman–Crippen MR) is 130 cm³/mol. The molecule has 0 aliphatic heterocycles. The van der Waals surface area contributed by atoms with Crippen LogP contribution in [0.15, 0.2) is 97.6 Å². The number of rotatable bonds is 10. The molecule has 0 aliphatic carbocycles. The minimum absolute atomic E-state index is 0.173. The standard InChI is InChI=1S/C28H24O7/c1-4-26(29)34-18-33-24-13-15-25(16-14-24)35-28(31)23-11-9-22(10-12-23)21-7-5-20(6-8-21)17-32-27(30)19(2)3/h4-16H,1-2,17-18H2,3H3. The van der Waals surface area contributed by atoms with E-state index in [1.54, 1.807) is 43.3 Å². The number of carbonyl (C=O) groups excluding carboxylic acids is 3. The molecule has 0 aromatic heterocycles. The topological polar surface area (TPSA) is 88.1 Å². The molecule has 178 valence electrons. The summed E-state index contributed by atoms with van der Waals surface area (Å²) in [6, 6.07) is 20.9. The van der Waals surface area contributed by atoms with Crippen LogP contribution in [0.5, 0.6) is 11.5 Å². The first-order valence-electron chi connectivity index (χ1n) is 10.6. The normalized spacial score (nSPS) is 10.1. The average Bonchev–Trinajstić information content (AvgIpc) is 2.88. The van der Waals surface area contributed by atoms with Crippen LogP contribution in [0.2, 0.25) is 0 Å². The van der Waals surface area contributed by atoms with Gasteiger partial charge < -0.3 is 18.9 Å². The maximum absolute atomic E-state index is 12.5. The molecule has 7 nitrogen and oxygen atoms in total. The molecule has 0 aliphatic rings. The molecule has 0 saturated carbocycles. The third-order valence-electron chi connectivity index (χ3n) is 4.75. The molecule has 0 radical (unpaired) electrons. The first-order chi connectivity index (χ1) is 16.9. The van der Waals surface area contributed by atoms with Gasteiger partial charge in [-0.1, -0.05) is 49.6 Å². The largest absolute Gasteiger partial charge is 0.457 e. The number of esters is 3. The Morgan fingerprint density at radius 1 is 0.800 bits per heavy atom. The van der Waals surface area contributed by atoms with Crippen molar-refractivity contribution in [2.24, 2.45) is 0 Å². The molecule has 3 rings (SSSR count). The maximum atomic E-state index is 12.5. The molecule has 0 heterocycles. The van der Waals surface area contributed by atoms with Gasteiger partial charge in [-0.25, -0.2) is 14.4 Å². The van der Waals surface area contributed by atoms with Crippen LogP contribution in [0.25, 0.3) is 11.1 Å². The Morgan fingerprint density at radius 2 is 1.37 bits per heavy atom. The summed E-state index contributed by atoms with van der Waals surface area (Å²) in [5, 5.41) is 0. The van der Waals surface area contributed by atoms with Gasteiger partial charge in [-0.2, -0.15) is 0 Å². The minimum atomic E-state index is -0.583. The third kappa shape index (κ3) is 7.43. The van der Waals surface area contributed by atoms with Crippen LogP contribution in [0.1, 0.15) is 22.8 Å². The zero-order valence-electron chi connectivity index (χ0n) is 19.2. The van der Waals surface area contributed by atoms with Crippen molar-refractivity contribution in [3.05, 3.63) is 109 Å². The highest BCUT2D eigenvalue weighted by Gasteiger charge is 2.10. The fourth-order valence-corrected chi connectivity index (χ4v) is 2.85. The molecular formula is C28H24O7. The van der Waals surface area contributed by atoms with Crippen LogP contribution < -0.4 is 9.47 Å². The SMILES string of the molecule is C=CC(=O)OCOc1ccc(OC(=O)c2ccc(-c3ccc(COC(=O)C(=C)C)cc3)cc2)cc1. The summed E-state index contributed by atoms with van der Waals surface area (Å²) in [6.45, 7) is 8.38. The van der Waals surface area contributed by atoms with E-state index >= 15 is 0 Å². The van der Waals surface area contributed by atoms with Crippen LogP contribution in [0.4, 0.5) is 0 Å². The Bertz CT molecular complexity index is 1210. The second-order valence-corrected chi connectivity index (χ2v) is 7.42. The maximum Gasteiger partial charge on any atom is 0.343 e. The average molecular weight is 472 g/mol. The number of benzene rings is 3. The number of hydrogen-bond donors (Lipinski definition) is 0. The highest BCUT2D eigenvalue weighted by Crippen LogP contribution is 2.22. The Morgan fingerprint density at radius 3 is 1.94 bits per heavy atom. The van der Waals surface area contributed by atoms with Crippen molar-refractivity contribution in [2.45, 2.75) is 13.5 Å². The summed E-state index contributed by atoms with van der Waals surface area (Å²) >= 11 is 0. The lowest BCUT2D eigenvalue weighted by molar-refractivity contribution is -0.144. The molecule has 0 amide bonds. The van der Waals surface area contributed by atoms with Crippen LogP contribution in [0.3, 0.4) is 0 Å². The van der Waals surface area contributed by atoms with E-state index in [0.29, 0.717) is 22.6 Å². The second kappa shape index (κ2) is 12.0. The number of hydrogen-bond acceptors (Lipinski definition) is 7. The summed E-state index contributed by atoms with van der Waals surface area (Å²) in [4.78, 5) is 35.0. The zero-order valence-corrected chi connectivity index (χ0v) is 19.2. The van der Waals surface area contributed by atoms with E-state index in [1.807, 2.05) is 36.4 Å². The van der Waals surface area contributed by atoms with Crippen LogP contribution >= 0.6 is 0 Å². The van der Waals surface area contributed by atoms with Gasteiger partial charge in [0, 0.05) is 11.6 Å². The van der Waals surface area contributed by atoms with Gasteiger partial charge in [-0.3, -0.25) is 0 Å². The van der Waals surface area contributed by atoms with Gasteiger partial charge in [0.05, 0.1) is 5.56 Å². The molecule has 0 spiro atoms. The summed E-state index contributed by atoms with van der Waals surface area (Å²) in [6.07, 6.45) is 1.04. The number of carbonyl (C=O) groups is 3. The van der Waals surface area contributed by atoms with E-state index in [-0.39, 0.29) is 13.4 Å². The lowest BCUT2D eigenvalue weighted by atomic mass is 10.0. The predicted octanol–water partition coefficient (Wildman–Crippen LogP) is 5.26. The van der Waals surface area contributed by atoms with Gasteiger partial charge in [0.15, 0.2) is 0 Å². The molecule has 0 N–H and O–H groups in total. The van der Waals surface area contributed by atoms with E-state index < -0.39 is 17.9 Å². The molecule has 0 unspecified atom stereocenters. The van der Waals surface area contributed by atoms with Gasteiger partial charge in [0.2, 0.25) is 6.79 Å². The monoisotopic (exact) mass is 472 g/mol. The van der Waals surface area contributed by atoms with Crippen molar-refractivity contribution in [2.75, 3.05) is 6.79 Å². The van der Waals surface area contributed by atoms with Crippen LogP contribution in [-0.4, -0.2) is 24.7 Å². The molecule has 0 fully saturated rings. The van der Waals surface area contributed by atoms with Gasteiger partial charge in [-0.15, -0.1) is 0 Å². The van der Waals surface area contributed by atoms with Crippen molar-refractivity contribution in [3.8, 4) is 22.6 Å². The highest BCUT2D eigenvalue weighted by atomic mass is 16.7. The fraction of sp³-hybridized carbons (Fsp3) is 0.107. The Kier molecular flexibility index (Phi) is 8.56. The van der Waals surface area contributed by atoms with Gasteiger partial charge in [0.1, 0.15) is 18.1 Å². The van der Waals surface area contributed by atoms with Crippen molar-refractivity contribution in [1.29, 1.82) is 0 Å². The first kappa shape index (κ1) is 25.0. The summed E-state index contributed by atoms with van der Waals surface area (Å²) < 4.78 is 20.5. The molecular weight excluding hydrogens is 448 g/mol. The third-order valence-corrected chi connectivity index (χ3v) is 4.75. The summed E-state index contributed by atoms with van der Waals surface area (Å²) in [5.74, 6) is -0.712. The fourth-order valence-electron chi connectivity index (χ4n) is 2.85. The van der Waals surface area contributed by atoms with Crippen LogP contribution in [-0.2, 0) is 25.7 Å². The van der Waals surface area contributed by atoms with Crippen molar-refractivity contribution in [1.82, 2.24) is 0 Å². The molecule has 3 aromatic rings. The Labute approximate surface area is 203 Å². The Hall–Kier alpha value is -4.65. The molecule has 35 heavy (non-hydrogen) atoms. The van der Waals surface area contributed by atoms with Crippen molar-refractivity contribution in [3.63, 3.8) is 0 Å².